The van der Waals surface area contributed by atoms with Gasteiger partial charge >= 0.3 is 0 Å². The Balaban J connectivity index is 2.22. The van der Waals surface area contributed by atoms with Crippen LogP contribution in [0.2, 0.25) is 0 Å². The van der Waals surface area contributed by atoms with E-state index in [1.54, 1.807) is 13.0 Å². The molecule has 0 unspecified atom stereocenters. The smallest absolute Gasteiger partial charge is 0.289 e. The summed E-state index contributed by atoms with van der Waals surface area (Å²) in [5, 5.41) is 11.2. The summed E-state index contributed by atoms with van der Waals surface area (Å²) in [6.07, 6.45) is 0. The van der Waals surface area contributed by atoms with Gasteiger partial charge in [0.1, 0.15) is 0 Å². The molecule has 2 rings (SSSR count). The Bertz CT molecular complexity index is 712. The number of benzene rings is 1. The molecule has 0 radical (unpaired) electrons. The number of rotatable bonds is 6. The minimum atomic E-state index is -3.99. The number of nitrogens with one attached hydrogen (secondary N) is 1. The van der Waals surface area contributed by atoms with E-state index in [-0.39, 0.29) is 11.4 Å². The Labute approximate surface area is 142 Å². The molecule has 1 heterocycles. The summed E-state index contributed by atoms with van der Waals surface area (Å²) >= 11 is 0. The third-order valence-electron chi connectivity index (χ3n) is 4.22. The summed E-state index contributed by atoms with van der Waals surface area (Å²) in [6, 6.07) is 4.23. The van der Waals surface area contributed by atoms with Gasteiger partial charge in [-0.15, -0.1) is 0 Å². The van der Waals surface area contributed by atoms with Crippen LogP contribution in [-0.4, -0.2) is 56.6 Å². The molecule has 1 aromatic carbocycles. The van der Waals surface area contributed by atoms with Gasteiger partial charge in [0.2, 0.25) is 10.0 Å². The van der Waals surface area contributed by atoms with Crippen LogP contribution >= 0.6 is 0 Å². The maximum Gasteiger partial charge on any atom is 0.289 e. The number of nitro groups is 1. The predicted molar refractivity (Wildman–Crippen MR) is 89.5 cm³/mol. The van der Waals surface area contributed by atoms with Gasteiger partial charge in [0, 0.05) is 31.2 Å². The first-order chi connectivity index (χ1) is 11.1. The highest BCUT2D eigenvalue weighted by Gasteiger charge is 2.33. The highest BCUT2D eigenvalue weighted by atomic mass is 32.2. The van der Waals surface area contributed by atoms with Crippen molar-refractivity contribution in [1.82, 2.24) is 9.62 Å². The van der Waals surface area contributed by atoms with E-state index in [1.807, 2.05) is 13.8 Å². The standard InChI is InChI=1S/C15H23N3O5S/c1-12-5-4-6-13(18(19)20)14(12)24(21,22)16-11-15(2,3)17-7-9-23-10-8-17/h4-6,16H,7-11H2,1-3H3. The summed E-state index contributed by atoms with van der Waals surface area (Å²) < 4.78 is 33.1. The predicted octanol–water partition coefficient (Wildman–Crippen LogP) is 1.29. The summed E-state index contributed by atoms with van der Waals surface area (Å²) in [7, 11) is -3.99. The summed E-state index contributed by atoms with van der Waals surface area (Å²) in [5.41, 5.74) is -0.485. The van der Waals surface area contributed by atoms with Crippen molar-refractivity contribution in [3.8, 4) is 0 Å². The minimum absolute atomic E-state index is 0.154. The van der Waals surface area contributed by atoms with Crippen molar-refractivity contribution in [1.29, 1.82) is 0 Å². The van der Waals surface area contributed by atoms with Crippen molar-refractivity contribution in [2.45, 2.75) is 31.2 Å². The first-order valence-corrected chi connectivity index (χ1v) is 9.20. The lowest BCUT2D eigenvalue weighted by molar-refractivity contribution is -0.387. The second-order valence-electron chi connectivity index (χ2n) is 6.42. The highest BCUT2D eigenvalue weighted by molar-refractivity contribution is 7.89. The van der Waals surface area contributed by atoms with E-state index in [2.05, 4.69) is 9.62 Å². The number of nitro benzene ring substituents is 1. The molecule has 0 spiro atoms. The molecule has 0 atom stereocenters. The zero-order valence-electron chi connectivity index (χ0n) is 14.1. The van der Waals surface area contributed by atoms with E-state index in [4.69, 9.17) is 4.74 Å². The van der Waals surface area contributed by atoms with Crippen molar-refractivity contribution in [3.63, 3.8) is 0 Å². The van der Waals surface area contributed by atoms with Gasteiger partial charge in [-0.25, -0.2) is 13.1 Å². The van der Waals surface area contributed by atoms with E-state index in [1.165, 1.54) is 12.1 Å². The Kier molecular flexibility index (Phi) is 5.59. The van der Waals surface area contributed by atoms with E-state index >= 15 is 0 Å². The van der Waals surface area contributed by atoms with Crippen LogP contribution in [0.4, 0.5) is 5.69 Å². The number of sulfonamides is 1. The number of nitrogens with zero attached hydrogens (tertiary/aromatic N) is 2. The number of ether oxygens (including phenoxy) is 1. The Morgan fingerprint density at radius 1 is 1.33 bits per heavy atom. The minimum Gasteiger partial charge on any atom is -0.379 e. The summed E-state index contributed by atoms with van der Waals surface area (Å²) in [6.45, 7) is 8.24. The van der Waals surface area contributed by atoms with Crippen molar-refractivity contribution in [2.75, 3.05) is 32.8 Å². The molecule has 0 saturated carbocycles. The second-order valence-corrected chi connectivity index (χ2v) is 8.12. The third-order valence-corrected chi connectivity index (χ3v) is 5.81. The Morgan fingerprint density at radius 3 is 2.54 bits per heavy atom. The lowest BCUT2D eigenvalue weighted by Crippen LogP contribution is -2.55. The van der Waals surface area contributed by atoms with E-state index in [9.17, 15) is 18.5 Å². The number of morpholine rings is 1. The Morgan fingerprint density at radius 2 is 1.96 bits per heavy atom. The second kappa shape index (κ2) is 7.14. The largest absolute Gasteiger partial charge is 0.379 e. The van der Waals surface area contributed by atoms with Crippen LogP contribution in [0.1, 0.15) is 19.4 Å². The van der Waals surface area contributed by atoms with Gasteiger partial charge in [-0.3, -0.25) is 15.0 Å². The molecule has 1 aromatic rings. The van der Waals surface area contributed by atoms with Gasteiger partial charge in [-0.05, 0) is 26.3 Å². The molecular formula is C15H23N3O5S. The number of hydrogen-bond donors (Lipinski definition) is 1. The molecular weight excluding hydrogens is 334 g/mol. The average Bonchev–Trinajstić information content (AvgIpc) is 2.53. The molecule has 0 aliphatic carbocycles. The first kappa shape index (κ1) is 18.8. The fourth-order valence-electron chi connectivity index (χ4n) is 2.75. The zero-order valence-corrected chi connectivity index (χ0v) is 14.9. The van der Waals surface area contributed by atoms with Crippen LogP contribution in [0.3, 0.4) is 0 Å². The van der Waals surface area contributed by atoms with Crippen LogP contribution in [-0.2, 0) is 14.8 Å². The van der Waals surface area contributed by atoms with Gasteiger partial charge in [-0.1, -0.05) is 12.1 Å². The fourth-order valence-corrected chi connectivity index (χ4v) is 4.35. The van der Waals surface area contributed by atoms with Crippen LogP contribution in [0.5, 0.6) is 0 Å². The monoisotopic (exact) mass is 357 g/mol. The van der Waals surface area contributed by atoms with E-state index < -0.39 is 26.2 Å². The maximum absolute atomic E-state index is 12.6. The highest BCUT2D eigenvalue weighted by Crippen LogP contribution is 2.27. The van der Waals surface area contributed by atoms with Gasteiger partial charge in [-0.2, -0.15) is 0 Å². The zero-order chi connectivity index (χ0) is 18.0. The summed E-state index contributed by atoms with van der Waals surface area (Å²) in [5.74, 6) is 0. The lowest BCUT2D eigenvalue weighted by atomic mass is 10.0. The molecule has 0 aromatic heterocycles. The fraction of sp³-hybridized carbons (Fsp3) is 0.600. The molecule has 1 aliphatic heterocycles. The van der Waals surface area contributed by atoms with Crippen molar-refractivity contribution in [2.24, 2.45) is 0 Å². The molecule has 0 bridgehead atoms. The van der Waals surface area contributed by atoms with Gasteiger partial charge in [0.25, 0.3) is 5.69 Å². The molecule has 24 heavy (non-hydrogen) atoms. The topological polar surface area (TPSA) is 102 Å². The maximum atomic E-state index is 12.6. The molecule has 1 fully saturated rings. The van der Waals surface area contributed by atoms with Gasteiger partial charge in [0.15, 0.2) is 4.90 Å². The molecule has 1 aliphatic rings. The van der Waals surface area contributed by atoms with Crippen LogP contribution in [0.15, 0.2) is 23.1 Å². The Hall–Kier alpha value is -1.55. The SMILES string of the molecule is Cc1cccc([N+](=O)[O-])c1S(=O)(=O)NCC(C)(C)N1CCOCC1. The van der Waals surface area contributed by atoms with Crippen LogP contribution in [0, 0.1) is 17.0 Å². The normalized spacial score (nSPS) is 17.0. The summed E-state index contributed by atoms with van der Waals surface area (Å²) in [4.78, 5) is 12.4. The number of hydrogen-bond acceptors (Lipinski definition) is 6. The van der Waals surface area contributed by atoms with Crippen molar-refractivity contribution in [3.05, 3.63) is 33.9 Å². The van der Waals surface area contributed by atoms with E-state index in [0.717, 1.165) is 13.1 Å². The van der Waals surface area contributed by atoms with Crippen molar-refractivity contribution < 1.29 is 18.1 Å². The molecule has 0 amide bonds. The van der Waals surface area contributed by atoms with Crippen LogP contribution in [0.25, 0.3) is 0 Å². The molecule has 134 valence electrons. The van der Waals surface area contributed by atoms with Crippen molar-refractivity contribution >= 4 is 15.7 Å². The molecule has 8 nitrogen and oxygen atoms in total. The van der Waals surface area contributed by atoms with Crippen LogP contribution < -0.4 is 4.72 Å². The molecule has 1 N–H and O–H groups in total. The van der Waals surface area contributed by atoms with Gasteiger partial charge in [0.05, 0.1) is 18.1 Å². The molecule has 1 saturated heterocycles. The van der Waals surface area contributed by atoms with E-state index in [0.29, 0.717) is 18.8 Å². The lowest BCUT2D eigenvalue weighted by Gasteiger charge is -2.40. The first-order valence-electron chi connectivity index (χ1n) is 7.71. The van der Waals surface area contributed by atoms with Gasteiger partial charge < -0.3 is 4.74 Å². The quantitative estimate of drug-likeness (QED) is 0.608. The average molecular weight is 357 g/mol. The third kappa shape index (κ3) is 4.10. The molecule has 9 heteroatoms. The number of aryl methyl sites for hydroxylation is 1.